The minimum absolute atomic E-state index is 0.109. The number of hydrogen-bond donors (Lipinski definition) is 1. The molecule has 0 aromatic heterocycles. The molecule has 0 radical (unpaired) electrons. The zero-order chi connectivity index (χ0) is 21.6. The molecule has 0 saturated heterocycles. The van der Waals surface area contributed by atoms with E-state index in [1.807, 2.05) is 91.0 Å². The lowest BCUT2D eigenvalue weighted by atomic mass is 9.92. The Kier molecular flexibility index (Phi) is 6.08. The fourth-order valence-corrected chi connectivity index (χ4v) is 3.78. The van der Waals surface area contributed by atoms with Crippen LogP contribution >= 0.6 is 0 Å². The van der Waals surface area contributed by atoms with E-state index in [2.05, 4.69) is 5.32 Å². The van der Waals surface area contributed by atoms with Crippen LogP contribution in [0.4, 0.5) is 0 Å². The first-order valence-corrected chi connectivity index (χ1v) is 10.2. The summed E-state index contributed by atoms with van der Waals surface area (Å²) in [5.74, 6) is -0.0687. The molecule has 0 aliphatic carbocycles. The van der Waals surface area contributed by atoms with Gasteiger partial charge < -0.3 is 10.1 Å². The number of amides is 1. The maximum Gasteiger partial charge on any atom is 0.308 e. The average Bonchev–Trinajstić information content (AvgIpc) is 2.78. The van der Waals surface area contributed by atoms with Gasteiger partial charge in [0.15, 0.2) is 0 Å². The smallest absolute Gasteiger partial charge is 0.308 e. The number of fused-ring (bicyclic) bond motifs is 1. The van der Waals surface area contributed by atoms with Crippen molar-refractivity contribution in [3.8, 4) is 5.75 Å². The fraction of sp³-hybridized carbons (Fsp3) is 0.111. The van der Waals surface area contributed by atoms with Crippen molar-refractivity contribution in [3.63, 3.8) is 0 Å². The lowest BCUT2D eigenvalue weighted by Gasteiger charge is -2.24. The molecule has 4 aromatic carbocycles. The summed E-state index contributed by atoms with van der Waals surface area (Å²) in [6.07, 6.45) is 0.262. The molecule has 0 aliphatic heterocycles. The van der Waals surface area contributed by atoms with Gasteiger partial charge in [-0.2, -0.15) is 0 Å². The van der Waals surface area contributed by atoms with Gasteiger partial charge in [0.25, 0.3) is 0 Å². The second-order valence-corrected chi connectivity index (χ2v) is 7.37. The second kappa shape index (κ2) is 9.26. The Labute approximate surface area is 181 Å². The average molecular weight is 409 g/mol. The van der Waals surface area contributed by atoms with Gasteiger partial charge in [0.05, 0.1) is 12.5 Å². The van der Waals surface area contributed by atoms with Crippen LogP contribution in [0.3, 0.4) is 0 Å². The van der Waals surface area contributed by atoms with Crippen molar-refractivity contribution >= 4 is 22.6 Å². The van der Waals surface area contributed by atoms with Gasteiger partial charge in [-0.25, -0.2) is 0 Å². The summed E-state index contributed by atoms with van der Waals surface area (Å²) in [5, 5.41) is 5.11. The number of carbonyl (C=O) groups excluding carboxylic acids is 2. The summed E-state index contributed by atoms with van der Waals surface area (Å²) in [5.41, 5.74) is 2.61. The van der Waals surface area contributed by atoms with Crippen LogP contribution in [0.1, 0.15) is 29.7 Å². The zero-order valence-electron chi connectivity index (χ0n) is 17.2. The quantitative estimate of drug-likeness (QED) is 0.351. The Morgan fingerprint density at radius 2 is 1.45 bits per heavy atom. The topological polar surface area (TPSA) is 55.4 Å². The van der Waals surface area contributed by atoms with E-state index in [0.29, 0.717) is 5.75 Å². The molecule has 4 heteroatoms. The SMILES string of the molecule is CC(=O)Oc1ccc2ccccc2c1[C@@H](NC(=O)Cc1ccccc1)c1ccccc1. The first kappa shape index (κ1) is 20.4. The van der Waals surface area contributed by atoms with Crippen LogP contribution in [0.2, 0.25) is 0 Å². The molecule has 0 bridgehead atoms. The Morgan fingerprint density at radius 1 is 0.806 bits per heavy atom. The van der Waals surface area contributed by atoms with E-state index in [1.165, 1.54) is 6.92 Å². The summed E-state index contributed by atoms with van der Waals surface area (Å²) in [7, 11) is 0. The van der Waals surface area contributed by atoms with Gasteiger partial charge in [-0.05, 0) is 28.0 Å². The van der Waals surface area contributed by atoms with Gasteiger partial charge >= 0.3 is 5.97 Å². The lowest BCUT2D eigenvalue weighted by molar-refractivity contribution is -0.131. The van der Waals surface area contributed by atoms with Gasteiger partial charge in [0.1, 0.15) is 5.75 Å². The molecule has 0 heterocycles. The van der Waals surface area contributed by atoms with Crippen molar-refractivity contribution in [1.29, 1.82) is 0 Å². The minimum atomic E-state index is -0.474. The highest BCUT2D eigenvalue weighted by molar-refractivity contribution is 5.90. The van der Waals surface area contributed by atoms with Crippen LogP contribution in [-0.2, 0) is 16.0 Å². The van der Waals surface area contributed by atoms with E-state index in [0.717, 1.165) is 27.5 Å². The number of hydrogen-bond acceptors (Lipinski definition) is 3. The number of nitrogens with one attached hydrogen (secondary N) is 1. The second-order valence-electron chi connectivity index (χ2n) is 7.37. The van der Waals surface area contributed by atoms with Crippen molar-refractivity contribution in [3.05, 3.63) is 114 Å². The largest absolute Gasteiger partial charge is 0.426 e. The Bertz CT molecular complexity index is 1200. The predicted molar refractivity (Wildman–Crippen MR) is 122 cm³/mol. The van der Waals surface area contributed by atoms with Crippen molar-refractivity contribution in [1.82, 2.24) is 5.32 Å². The number of rotatable bonds is 6. The van der Waals surface area contributed by atoms with Crippen LogP contribution < -0.4 is 10.1 Å². The number of esters is 1. The highest BCUT2D eigenvalue weighted by Crippen LogP contribution is 2.36. The zero-order valence-corrected chi connectivity index (χ0v) is 17.2. The van der Waals surface area contributed by atoms with Crippen LogP contribution in [0.25, 0.3) is 10.8 Å². The number of benzene rings is 4. The van der Waals surface area contributed by atoms with Crippen LogP contribution in [-0.4, -0.2) is 11.9 Å². The van der Waals surface area contributed by atoms with E-state index in [1.54, 1.807) is 6.07 Å². The van der Waals surface area contributed by atoms with Gasteiger partial charge in [-0.1, -0.05) is 91.0 Å². The first-order chi connectivity index (χ1) is 15.1. The molecule has 1 N–H and O–H groups in total. The molecule has 0 unspecified atom stereocenters. The fourth-order valence-electron chi connectivity index (χ4n) is 3.78. The molecule has 0 spiro atoms. The molecule has 4 aromatic rings. The molecule has 154 valence electrons. The van der Waals surface area contributed by atoms with Gasteiger partial charge in [0, 0.05) is 12.5 Å². The summed E-state index contributed by atoms with van der Waals surface area (Å²) >= 11 is 0. The monoisotopic (exact) mass is 409 g/mol. The van der Waals surface area contributed by atoms with Gasteiger partial charge in [0.2, 0.25) is 5.91 Å². The van der Waals surface area contributed by atoms with Crippen molar-refractivity contribution in [2.75, 3.05) is 0 Å². The summed E-state index contributed by atoms with van der Waals surface area (Å²) < 4.78 is 5.57. The van der Waals surface area contributed by atoms with Gasteiger partial charge in [-0.3, -0.25) is 9.59 Å². The third kappa shape index (κ3) is 4.81. The Balaban J connectivity index is 1.81. The van der Waals surface area contributed by atoms with E-state index in [-0.39, 0.29) is 12.3 Å². The normalized spacial score (nSPS) is 11.6. The summed E-state index contributed by atoms with van der Waals surface area (Å²) in [6.45, 7) is 1.38. The van der Waals surface area contributed by atoms with Crippen LogP contribution in [0, 0.1) is 0 Å². The van der Waals surface area contributed by atoms with E-state index in [9.17, 15) is 9.59 Å². The maximum atomic E-state index is 13.0. The number of ether oxygens (including phenoxy) is 1. The molecule has 0 fully saturated rings. The molecule has 0 aliphatic rings. The van der Waals surface area contributed by atoms with Crippen LogP contribution in [0.5, 0.6) is 5.75 Å². The third-order valence-corrected chi connectivity index (χ3v) is 5.12. The number of carbonyl (C=O) groups is 2. The molecule has 31 heavy (non-hydrogen) atoms. The highest BCUT2D eigenvalue weighted by Gasteiger charge is 2.24. The van der Waals surface area contributed by atoms with Crippen molar-refractivity contribution < 1.29 is 14.3 Å². The van der Waals surface area contributed by atoms with Crippen molar-refractivity contribution in [2.24, 2.45) is 0 Å². The molecule has 1 atom stereocenters. The van der Waals surface area contributed by atoms with E-state index in [4.69, 9.17) is 4.74 Å². The Morgan fingerprint density at radius 3 is 2.16 bits per heavy atom. The molecular formula is C27H23NO3. The van der Waals surface area contributed by atoms with Crippen LogP contribution in [0.15, 0.2) is 97.1 Å². The van der Waals surface area contributed by atoms with E-state index >= 15 is 0 Å². The molecule has 0 saturated carbocycles. The molecular weight excluding hydrogens is 386 g/mol. The lowest BCUT2D eigenvalue weighted by Crippen LogP contribution is -2.31. The minimum Gasteiger partial charge on any atom is -0.426 e. The van der Waals surface area contributed by atoms with Gasteiger partial charge in [-0.15, -0.1) is 0 Å². The van der Waals surface area contributed by atoms with E-state index < -0.39 is 12.0 Å². The highest BCUT2D eigenvalue weighted by atomic mass is 16.5. The first-order valence-electron chi connectivity index (χ1n) is 10.2. The summed E-state index contributed by atoms with van der Waals surface area (Å²) in [6, 6.07) is 30.5. The summed E-state index contributed by atoms with van der Waals surface area (Å²) in [4.78, 5) is 24.8. The predicted octanol–water partition coefficient (Wildman–Crippen LogP) is 5.21. The maximum absolute atomic E-state index is 13.0. The molecule has 4 nitrogen and oxygen atoms in total. The Hall–Kier alpha value is -3.92. The van der Waals surface area contributed by atoms with Crippen molar-refractivity contribution in [2.45, 2.75) is 19.4 Å². The molecule has 4 rings (SSSR count). The molecule has 1 amide bonds. The third-order valence-electron chi connectivity index (χ3n) is 5.12. The standard InChI is InChI=1S/C27H23NO3/c1-19(29)31-24-17-16-21-12-8-9-15-23(21)26(24)27(22-13-6-3-7-14-22)28-25(30)18-20-10-4-2-5-11-20/h2-17,27H,18H2,1H3,(H,28,30)/t27-/m0/s1.